The molecule has 146 valence electrons. The van der Waals surface area contributed by atoms with Crippen molar-refractivity contribution in [1.82, 2.24) is 9.97 Å². The van der Waals surface area contributed by atoms with Crippen molar-refractivity contribution in [2.24, 2.45) is 4.99 Å². The molecule has 1 aromatic carbocycles. The minimum absolute atomic E-state index is 0.0994. The van der Waals surface area contributed by atoms with Crippen molar-refractivity contribution in [2.75, 3.05) is 6.61 Å². The number of pyridine rings is 2. The lowest BCUT2D eigenvalue weighted by atomic mass is 10.0. The number of nitrogens with zero attached hydrogens (tertiary/aromatic N) is 3. The van der Waals surface area contributed by atoms with Gasteiger partial charge in [-0.3, -0.25) is 15.0 Å². The number of aliphatic hydroxyl groups excluding tert-OH is 1. The Kier molecular flexibility index (Phi) is 6.42. The standard InChI is InChI=1S/C22H18FN3O3/c1-2-29-22(28)19(14-26-17-7-11-25-12-8-17)21(27)18-4-3-16(13-20(18)23)15-5-9-24-10-6-15/h3-14,27H,2H2,1H3/b21-19-,26-14?. The fraction of sp³-hybridized carbons (Fsp3) is 0.0909. The van der Waals surface area contributed by atoms with E-state index in [-0.39, 0.29) is 17.7 Å². The van der Waals surface area contributed by atoms with E-state index in [1.54, 1.807) is 49.6 Å². The third-order valence-corrected chi connectivity index (χ3v) is 3.99. The molecule has 0 unspecified atom stereocenters. The number of hydrogen-bond donors (Lipinski definition) is 1. The van der Waals surface area contributed by atoms with E-state index < -0.39 is 17.5 Å². The summed E-state index contributed by atoms with van der Waals surface area (Å²) in [6.07, 6.45) is 7.44. The molecule has 1 N–H and O–H groups in total. The highest BCUT2D eigenvalue weighted by Gasteiger charge is 2.19. The normalized spacial score (nSPS) is 11.9. The predicted molar refractivity (Wildman–Crippen MR) is 108 cm³/mol. The van der Waals surface area contributed by atoms with Gasteiger partial charge in [0.05, 0.1) is 17.9 Å². The molecule has 6 nitrogen and oxygen atoms in total. The monoisotopic (exact) mass is 391 g/mol. The van der Waals surface area contributed by atoms with Gasteiger partial charge in [0.15, 0.2) is 0 Å². The second-order valence-corrected chi connectivity index (χ2v) is 5.88. The zero-order valence-corrected chi connectivity index (χ0v) is 15.6. The Hall–Kier alpha value is -3.87. The van der Waals surface area contributed by atoms with Crippen LogP contribution in [0.5, 0.6) is 0 Å². The number of ether oxygens (including phenoxy) is 1. The minimum Gasteiger partial charge on any atom is -0.506 e. The van der Waals surface area contributed by atoms with Crippen LogP contribution in [0.2, 0.25) is 0 Å². The van der Waals surface area contributed by atoms with Crippen molar-refractivity contribution < 1.29 is 19.0 Å². The second-order valence-electron chi connectivity index (χ2n) is 5.88. The number of aliphatic imine (C=N–C) groups is 1. The summed E-state index contributed by atoms with van der Waals surface area (Å²) in [5.74, 6) is -2.05. The van der Waals surface area contributed by atoms with Crippen LogP contribution in [0.15, 0.2) is 77.8 Å². The van der Waals surface area contributed by atoms with Gasteiger partial charge in [-0.15, -0.1) is 0 Å². The van der Waals surface area contributed by atoms with Crippen LogP contribution in [0.4, 0.5) is 10.1 Å². The van der Waals surface area contributed by atoms with Gasteiger partial charge in [0.2, 0.25) is 0 Å². The van der Waals surface area contributed by atoms with E-state index in [9.17, 15) is 14.3 Å². The van der Waals surface area contributed by atoms with Crippen molar-refractivity contribution in [1.29, 1.82) is 0 Å². The number of benzene rings is 1. The van der Waals surface area contributed by atoms with Gasteiger partial charge >= 0.3 is 5.97 Å². The zero-order chi connectivity index (χ0) is 20.6. The predicted octanol–water partition coefficient (Wildman–Crippen LogP) is 4.52. The summed E-state index contributed by atoms with van der Waals surface area (Å²) in [7, 11) is 0. The molecule has 2 heterocycles. The zero-order valence-electron chi connectivity index (χ0n) is 15.6. The summed E-state index contributed by atoms with van der Waals surface area (Å²) in [6.45, 7) is 1.73. The first-order valence-electron chi connectivity index (χ1n) is 8.85. The Bertz CT molecular complexity index is 1050. The summed E-state index contributed by atoms with van der Waals surface area (Å²) in [5.41, 5.74) is 1.53. The average molecular weight is 391 g/mol. The van der Waals surface area contributed by atoms with Crippen LogP contribution in [0.1, 0.15) is 12.5 Å². The Morgan fingerprint density at radius 1 is 1.07 bits per heavy atom. The maximum absolute atomic E-state index is 14.7. The first kappa shape index (κ1) is 19.9. The number of carbonyl (C=O) groups excluding carboxylic acids is 1. The van der Waals surface area contributed by atoms with E-state index in [1.165, 1.54) is 24.5 Å². The lowest BCUT2D eigenvalue weighted by Crippen LogP contribution is -2.11. The molecule has 3 rings (SSSR count). The molecule has 0 fully saturated rings. The largest absolute Gasteiger partial charge is 0.506 e. The van der Waals surface area contributed by atoms with Crippen molar-refractivity contribution >= 4 is 23.6 Å². The van der Waals surface area contributed by atoms with Gasteiger partial charge in [-0.1, -0.05) is 6.07 Å². The van der Waals surface area contributed by atoms with E-state index in [0.717, 1.165) is 11.8 Å². The van der Waals surface area contributed by atoms with Gasteiger partial charge in [-0.05, 0) is 54.4 Å². The second kappa shape index (κ2) is 9.36. The lowest BCUT2D eigenvalue weighted by molar-refractivity contribution is -0.137. The molecule has 0 saturated heterocycles. The molecule has 0 bridgehead atoms. The topological polar surface area (TPSA) is 84.7 Å². The lowest BCUT2D eigenvalue weighted by Gasteiger charge is -2.09. The van der Waals surface area contributed by atoms with Crippen LogP contribution in [-0.2, 0) is 9.53 Å². The van der Waals surface area contributed by atoms with Crippen LogP contribution >= 0.6 is 0 Å². The number of halogens is 1. The smallest absolute Gasteiger partial charge is 0.343 e. The van der Waals surface area contributed by atoms with Gasteiger partial charge in [0.1, 0.15) is 17.1 Å². The SMILES string of the molecule is CCOC(=O)/C(C=Nc1ccncc1)=C(\O)c1ccc(-c2ccncc2)cc1F. The highest BCUT2D eigenvalue weighted by atomic mass is 19.1. The first-order valence-corrected chi connectivity index (χ1v) is 8.85. The molecule has 0 aliphatic heterocycles. The van der Waals surface area contributed by atoms with Gasteiger partial charge in [-0.2, -0.15) is 0 Å². The van der Waals surface area contributed by atoms with Crippen LogP contribution in [0.3, 0.4) is 0 Å². The van der Waals surface area contributed by atoms with Crippen molar-refractivity contribution in [2.45, 2.75) is 6.92 Å². The molecular formula is C22H18FN3O3. The van der Waals surface area contributed by atoms with Crippen LogP contribution in [0, 0.1) is 5.82 Å². The number of esters is 1. The first-order chi connectivity index (χ1) is 14.1. The summed E-state index contributed by atoms with van der Waals surface area (Å²) >= 11 is 0. The fourth-order valence-electron chi connectivity index (χ4n) is 2.56. The summed E-state index contributed by atoms with van der Waals surface area (Å²) < 4.78 is 19.7. The Labute approximate surface area is 167 Å². The molecule has 0 spiro atoms. The van der Waals surface area contributed by atoms with Crippen molar-refractivity contribution in [3.05, 3.63) is 84.2 Å². The molecule has 0 aliphatic rings. The van der Waals surface area contributed by atoms with Crippen molar-refractivity contribution in [3.63, 3.8) is 0 Å². The highest BCUT2D eigenvalue weighted by Crippen LogP contribution is 2.26. The Morgan fingerprint density at radius 3 is 2.34 bits per heavy atom. The number of aliphatic hydroxyl groups is 1. The molecule has 7 heteroatoms. The third-order valence-electron chi connectivity index (χ3n) is 3.99. The molecule has 2 aromatic heterocycles. The minimum atomic E-state index is -0.805. The molecule has 29 heavy (non-hydrogen) atoms. The molecule has 0 amide bonds. The Morgan fingerprint density at radius 2 is 1.72 bits per heavy atom. The molecule has 0 aliphatic carbocycles. The highest BCUT2D eigenvalue weighted by molar-refractivity contribution is 6.15. The molecule has 3 aromatic rings. The summed E-state index contributed by atoms with van der Waals surface area (Å²) in [4.78, 5) is 24.3. The average Bonchev–Trinajstić information content (AvgIpc) is 2.75. The number of carbonyl (C=O) groups is 1. The van der Waals surface area contributed by atoms with E-state index in [2.05, 4.69) is 15.0 Å². The fourth-order valence-corrected chi connectivity index (χ4v) is 2.56. The molecule has 0 atom stereocenters. The quantitative estimate of drug-likeness (QED) is 0.289. The maximum Gasteiger partial charge on any atom is 0.343 e. The van der Waals surface area contributed by atoms with Crippen LogP contribution in [0.25, 0.3) is 16.9 Å². The van der Waals surface area contributed by atoms with E-state index in [4.69, 9.17) is 4.74 Å². The van der Waals surface area contributed by atoms with E-state index in [1.807, 2.05) is 0 Å². The summed E-state index contributed by atoms with van der Waals surface area (Å²) in [6, 6.07) is 11.1. The summed E-state index contributed by atoms with van der Waals surface area (Å²) in [5, 5.41) is 10.6. The number of rotatable bonds is 6. The van der Waals surface area contributed by atoms with Gasteiger partial charge in [0.25, 0.3) is 0 Å². The van der Waals surface area contributed by atoms with Crippen LogP contribution < -0.4 is 0 Å². The van der Waals surface area contributed by atoms with Gasteiger partial charge < -0.3 is 9.84 Å². The molecule has 0 saturated carbocycles. The van der Waals surface area contributed by atoms with Gasteiger partial charge in [-0.25, -0.2) is 9.18 Å². The third kappa shape index (κ3) is 4.90. The maximum atomic E-state index is 14.7. The number of aromatic nitrogens is 2. The van der Waals surface area contributed by atoms with E-state index in [0.29, 0.717) is 11.3 Å². The van der Waals surface area contributed by atoms with E-state index >= 15 is 0 Å². The molecule has 0 radical (unpaired) electrons. The Balaban J connectivity index is 2.01. The molecular weight excluding hydrogens is 373 g/mol. The van der Waals surface area contributed by atoms with Gasteiger partial charge in [0, 0.05) is 31.0 Å². The van der Waals surface area contributed by atoms with Crippen molar-refractivity contribution in [3.8, 4) is 11.1 Å². The van der Waals surface area contributed by atoms with Crippen LogP contribution in [-0.4, -0.2) is 33.9 Å². The number of hydrogen-bond acceptors (Lipinski definition) is 6.